The van der Waals surface area contributed by atoms with Gasteiger partial charge < -0.3 is 0 Å². The van der Waals surface area contributed by atoms with E-state index in [1.807, 2.05) is 0 Å². The van der Waals surface area contributed by atoms with Crippen LogP contribution < -0.4 is 51.4 Å². The van der Waals surface area contributed by atoms with Gasteiger partial charge in [-0.2, -0.15) is 8.42 Å². The second kappa shape index (κ2) is 5.69. The zero-order valence-electron chi connectivity index (χ0n) is 7.55. The van der Waals surface area contributed by atoms with E-state index in [2.05, 4.69) is 0 Å². The third-order valence-electron chi connectivity index (χ3n) is 1.40. The van der Waals surface area contributed by atoms with Crippen LogP contribution in [0.1, 0.15) is 0 Å². The van der Waals surface area contributed by atoms with Gasteiger partial charge in [-0.15, -0.1) is 0 Å². The molecule has 15 heavy (non-hydrogen) atoms. The van der Waals surface area contributed by atoms with E-state index >= 15 is 0 Å². The van der Waals surface area contributed by atoms with Crippen molar-refractivity contribution in [2.45, 2.75) is 4.90 Å². The van der Waals surface area contributed by atoms with Gasteiger partial charge in [-0.05, 0) is 12.1 Å². The summed E-state index contributed by atoms with van der Waals surface area (Å²) in [6.45, 7) is 0. The molecular weight excluding hydrogens is 273 g/mol. The molecule has 9 heteroatoms. The van der Waals surface area contributed by atoms with Crippen molar-refractivity contribution < 1.29 is 69.3 Å². The van der Waals surface area contributed by atoms with Crippen LogP contribution in [0.2, 0.25) is 5.02 Å². The van der Waals surface area contributed by atoms with Crippen molar-refractivity contribution in [1.82, 2.24) is 0 Å². The number of rotatable bonds is 2. The van der Waals surface area contributed by atoms with Crippen molar-refractivity contribution in [3.63, 3.8) is 0 Å². The number of hydrogen-bond donors (Lipinski definition) is 1. The SMILES string of the molecule is O=[N+]([O-])c1cc(Cl)ccc1S(=O)(=O)O.[K+]. The Bertz CT molecular complexity index is 488. The van der Waals surface area contributed by atoms with Crippen molar-refractivity contribution in [2.24, 2.45) is 0 Å². The molecule has 0 aliphatic heterocycles. The first-order valence-electron chi connectivity index (χ1n) is 3.24. The van der Waals surface area contributed by atoms with E-state index in [4.69, 9.17) is 16.2 Å². The fourth-order valence-corrected chi connectivity index (χ4v) is 1.66. The molecule has 0 aromatic heterocycles. The zero-order chi connectivity index (χ0) is 10.9. The summed E-state index contributed by atoms with van der Waals surface area (Å²) in [5.74, 6) is 0. The Kier molecular flexibility index (Phi) is 5.86. The molecule has 0 unspecified atom stereocenters. The third-order valence-corrected chi connectivity index (χ3v) is 2.53. The number of nitrogens with zero attached hydrogens (tertiary/aromatic N) is 1. The maximum Gasteiger partial charge on any atom is 1.00 e. The summed E-state index contributed by atoms with van der Waals surface area (Å²) in [4.78, 5) is 8.69. The third kappa shape index (κ3) is 4.08. The van der Waals surface area contributed by atoms with E-state index in [9.17, 15) is 18.5 Å². The van der Waals surface area contributed by atoms with Crippen LogP contribution in [0.4, 0.5) is 5.69 Å². The van der Waals surface area contributed by atoms with E-state index in [-0.39, 0.29) is 56.4 Å². The minimum atomic E-state index is -4.60. The second-order valence-electron chi connectivity index (χ2n) is 2.34. The number of benzene rings is 1. The van der Waals surface area contributed by atoms with Crippen LogP contribution in [0.3, 0.4) is 0 Å². The van der Waals surface area contributed by atoms with Crippen molar-refractivity contribution >= 4 is 27.4 Å². The van der Waals surface area contributed by atoms with Gasteiger partial charge in [-0.25, -0.2) is 0 Å². The summed E-state index contributed by atoms with van der Waals surface area (Å²) in [6, 6.07) is 2.86. The minimum absolute atomic E-state index is 0. The average Bonchev–Trinajstić information content (AvgIpc) is 2.01. The van der Waals surface area contributed by atoms with Gasteiger partial charge >= 0.3 is 61.5 Å². The molecule has 76 valence electrons. The molecule has 0 saturated heterocycles. The number of nitro benzene ring substituents is 1. The quantitative estimate of drug-likeness (QED) is 0.307. The number of hydrogen-bond acceptors (Lipinski definition) is 4. The number of nitro groups is 1. The van der Waals surface area contributed by atoms with Crippen LogP contribution in [0, 0.1) is 10.1 Å². The molecule has 1 rings (SSSR count). The largest absolute Gasteiger partial charge is 1.00 e. The summed E-state index contributed by atoms with van der Waals surface area (Å²) >= 11 is 5.43. The summed E-state index contributed by atoms with van der Waals surface area (Å²) in [5, 5.41) is 10.4. The van der Waals surface area contributed by atoms with E-state index in [1.165, 1.54) is 0 Å². The van der Waals surface area contributed by atoms with Crippen LogP contribution in [-0.4, -0.2) is 17.9 Å². The van der Waals surface area contributed by atoms with Gasteiger partial charge in [0.2, 0.25) is 0 Å². The van der Waals surface area contributed by atoms with Crippen molar-refractivity contribution in [3.05, 3.63) is 33.3 Å². The Balaban J connectivity index is 0.00000196. The molecule has 0 saturated carbocycles. The molecule has 0 fully saturated rings. The number of halogens is 1. The first kappa shape index (κ1) is 15.5. The Morgan fingerprint density at radius 2 is 1.93 bits per heavy atom. The molecule has 0 bridgehead atoms. The van der Waals surface area contributed by atoms with Gasteiger partial charge in [0.15, 0.2) is 4.90 Å². The molecule has 0 radical (unpaired) electrons. The second-order valence-corrected chi connectivity index (χ2v) is 4.17. The summed E-state index contributed by atoms with van der Waals surface area (Å²) in [5.41, 5.74) is -0.750. The predicted molar refractivity (Wildman–Crippen MR) is 47.9 cm³/mol. The van der Waals surface area contributed by atoms with Gasteiger partial charge in [-0.3, -0.25) is 14.7 Å². The summed E-state index contributed by atoms with van der Waals surface area (Å²) < 4.78 is 30.0. The Morgan fingerprint density at radius 1 is 1.40 bits per heavy atom. The fraction of sp³-hybridized carbons (Fsp3) is 0. The molecule has 0 amide bonds. The van der Waals surface area contributed by atoms with Gasteiger partial charge in [0.05, 0.1) is 4.92 Å². The van der Waals surface area contributed by atoms with Crippen molar-refractivity contribution in [3.8, 4) is 0 Å². The molecule has 0 aliphatic rings. The molecule has 0 aliphatic carbocycles. The van der Waals surface area contributed by atoms with Gasteiger partial charge in [0.1, 0.15) is 0 Å². The van der Waals surface area contributed by atoms with Crippen molar-refractivity contribution in [2.75, 3.05) is 0 Å². The van der Waals surface area contributed by atoms with Crippen LogP contribution in [0.15, 0.2) is 23.1 Å². The maximum atomic E-state index is 10.7. The van der Waals surface area contributed by atoms with Crippen molar-refractivity contribution in [1.29, 1.82) is 0 Å². The van der Waals surface area contributed by atoms with Crippen LogP contribution >= 0.6 is 11.6 Å². The zero-order valence-corrected chi connectivity index (χ0v) is 12.2. The van der Waals surface area contributed by atoms with Gasteiger partial charge in [-0.1, -0.05) is 11.6 Å². The van der Waals surface area contributed by atoms with Crippen LogP contribution in [-0.2, 0) is 10.1 Å². The maximum absolute atomic E-state index is 10.7. The van der Waals surface area contributed by atoms with Gasteiger partial charge in [0, 0.05) is 11.1 Å². The summed E-state index contributed by atoms with van der Waals surface area (Å²) in [7, 11) is -4.60. The first-order chi connectivity index (χ1) is 6.32. The topological polar surface area (TPSA) is 97.5 Å². The molecule has 0 heterocycles. The summed E-state index contributed by atoms with van der Waals surface area (Å²) in [6.07, 6.45) is 0. The Labute approximate surface area is 133 Å². The van der Waals surface area contributed by atoms with E-state index in [0.717, 1.165) is 18.2 Å². The smallest absolute Gasteiger partial charge is 0.282 e. The molecular formula is C6H4ClKNO5S+. The van der Waals surface area contributed by atoms with E-state index in [1.54, 1.807) is 0 Å². The van der Waals surface area contributed by atoms with Crippen LogP contribution in [0.5, 0.6) is 0 Å². The molecule has 6 nitrogen and oxygen atoms in total. The molecule has 1 N–H and O–H groups in total. The molecule has 0 spiro atoms. The monoisotopic (exact) mass is 276 g/mol. The van der Waals surface area contributed by atoms with E-state index < -0.39 is 25.6 Å². The van der Waals surface area contributed by atoms with E-state index in [0.29, 0.717) is 0 Å². The molecule has 1 aromatic rings. The molecule has 0 atom stereocenters. The van der Waals surface area contributed by atoms with Gasteiger partial charge in [0.25, 0.3) is 5.69 Å². The Hall–Kier alpha value is 0.456. The first-order valence-corrected chi connectivity index (χ1v) is 5.05. The fourth-order valence-electron chi connectivity index (χ4n) is 0.851. The Morgan fingerprint density at radius 3 is 2.33 bits per heavy atom. The minimum Gasteiger partial charge on any atom is -0.282 e. The van der Waals surface area contributed by atoms with Crippen LogP contribution in [0.25, 0.3) is 0 Å². The average molecular weight is 277 g/mol. The standard InChI is InChI=1S/C6H4ClNO5S.K/c7-4-1-2-6(14(11,12)13)5(3-4)8(9)10;/h1-3H,(H,11,12,13);/q;+1. The predicted octanol–water partition coefficient (Wildman–Crippen LogP) is -1.50. The molecule has 1 aromatic carbocycles. The normalized spacial score (nSPS) is 10.5.